The van der Waals surface area contributed by atoms with E-state index in [9.17, 15) is 13.2 Å². The molecular weight excluding hydrogens is 317 g/mol. The minimum absolute atomic E-state index is 0.0411. The maximum Gasteiger partial charge on any atom is 0.416 e. The number of aromatic nitrogens is 1. The molecule has 0 bridgehead atoms. The lowest BCUT2D eigenvalue weighted by Crippen LogP contribution is -2.15. The smallest absolute Gasteiger partial charge is 0.416 e. The van der Waals surface area contributed by atoms with Gasteiger partial charge in [-0.2, -0.15) is 13.2 Å². The monoisotopic (exact) mass is 330 g/mol. The predicted molar refractivity (Wildman–Crippen MR) is 77.7 cm³/mol. The number of rotatable bonds is 5. The molecule has 2 N–H and O–H groups in total. The van der Waals surface area contributed by atoms with Crippen LogP contribution >= 0.6 is 11.6 Å². The first-order valence-corrected chi connectivity index (χ1v) is 6.94. The van der Waals surface area contributed by atoms with Gasteiger partial charge in [0.2, 0.25) is 0 Å². The zero-order valence-corrected chi connectivity index (χ0v) is 12.2. The Labute approximate surface area is 130 Å². The first-order valence-electron chi connectivity index (χ1n) is 6.56. The molecule has 0 radical (unpaired) electrons. The first-order chi connectivity index (χ1) is 10.4. The molecule has 2 aromatic rings. The second-order valence-electron chi connectivity index (χ2n) is 4.58. The van der Waals surface area contributed by atoms with Crippen molar-refractivity contribution < 1.29 is 17.9 Å². The second kappa shape index (κ2) is 6.98. The number of halogens is 4. The normalized spacial score (nSPS) is 13.0. The molecule has 0 spiro atoms. The molecule has 1 unspecified atom stereocenters. The molecule has 1 aromatic heterocycles. The molecule has 0 aliphatic heterocycles. The van der Waals surface area contributed by atoms with Crippen molar-refractivity contribution >= 4 is 11.6 Å². The zero-order valence-electron chi connectivity index (χ0n) is 11.5. The standard InChI is InChI=1S/C15H14ClF3N2O/c16-11-5-4-10(15(17,18)19)9-14(11)22-13(6-7-20)12-3-1-2-8-21-12/h1-5,8-9,13H,6-7,20H2. The molecule has 118 valence electrons. The first kappa shape index (κ1) is 16.6. The Morgan fingerprint density at radius 1 is 1.23 bits per heavy atom. The highest BCUT2D eigenvalue weighted by Gasteiger charge is 2.31. The van der Waals surface area contributed by atoms with Gasteiger partial charge in [0, 0.05) is 12.6 Å². The highest BCUT2D eigenvalue weighted by Crippen LogP contribution is 2.36. The van der Waals surface area contributed by atoms with Crippen molar-refractivity contribution in [2.24, 2.45) is 5.73 Å². The highest BCUT2D eigenvalue weighted by molar-refractivity contribution is 6.32. The lowest BCUT2D eigenvalue weighted by Gasteiger charge is -2.19. The summed E-state index contributed by atoms with van der Waals surface area (Å²) in [5, 5.41) is 0.103. The molecule has 2 rings (SSSR count). The third-order valence-electron chi connectivity index (χ3n) is 2.97. The number of alkyl halides is 3. The van der Waals surface area contributed by atoms with Crippen molar-refractivity contribution in [3.05, 3.63) is 58.9 Å². The Balaban J connectivity index is 2.30. The number of benzene rings is 1. The van der Waals surface area contributed by atoms with Gasteiger partial charge < -0.3 is 10.5 Å². The average molecular weight is 331 g/mol. The van der Waals surface area contributed by atoms with E-state index in [-0.39, 0.29) is 10.8 Å². The summed E-state index contributed by atoms with van der Waals surface area (Å²) in [6.07, 6.45) is -3.04. The van der Waals surface area contributed by atoms with E-state index in [1.807, 2.05) is 0 Å². The Morgan fingerprint density at radius 3 is 2.59 bits per heavy atom. The lowest BCUT2D eigenvalue weighted by atomic mass is 10.1. The molecule has 0 saturated carbocycles. The Kier molecular flexibility index (Phi) is 5.26. The number of pyridine rings is 1. The van der Waals surface area contributed by atoms with Gasteiger partial charge in [-0.05, 0) is 36.9 Å². The second-order valence-corrected chi connectivity index (χ2v) is 4.99. The van der Waals surface area contributed by atoms with Crippen LogP contribution in [-0.4, -0.2) is 11.5 Å². The van der Waals surface area contributed by atoms with Gasteiger partial charge >= 0.3 is 6.18 Å². The van der Waals surface area contributed by atoms with Gasteiger partial charge in [0.1, 0.15) is 11.9 Å². The molecule has 1 aromatic carbocycles. The van der Waals surface area contributed by atoms with Crippen molar-refractivity contribution in [3.8, 4) is 5.75 Å². The van der Waals surface area contributed by atoms with Crippen LogP contribution in [0.1, 0.15) is 23.8 Å². The molecule has 1 atom stereocenters. The predicted octanol–water partition coefficient (Wildman–Crippen LogP) is 4.22. The van der Waals surface area contributed by atoms with Gasteiger partial charge in [0.15, 0.2) is 0 Å². The van der Waals surface area contributed by atoms with Crippen LogP contribution in [0.4, 0.5) is 13.2 Å². The molecule has 0 amide bonds. The molecule has 0 fully saturated rings. The molecule has 22 heavy (non-hydrogen) atoms. The SMILES string of the molecule is NCCC(Oc1cc(C(F)(F)F)ccc1Cl)c1ccccn1. The fourth-order valence-electron chi connectivity index (χ4n) is 1.91. The number of ether oxygens (including phenoxy) is 1. The maximum atomic E-state index is 12.8. The van der Waals surface area contributed by atoms with E-state index >= 15 is 0 Å². The van der Waals surface area contributed by atoms with Crippen molar-refractivity contribution in [2.45, 2.75) is 18.7 Å². The summed E-state index contributed by atoms with van der Waals surface area (Å²) in [7, 11) is 0. The quantitative estimate of drug-likeness (QED) is 0.892. The lowest BCUT2D eigenvalue weighted by molar-refractivity contribution is -0.137. The Hall–Kier alpha value is -1.79. The van der Waals surface area contributed by atoms with Crippen LogP contribution in [-0.2, 0) is 6.18 Å². The molecule has 0 aliphatic carbocycles. The van der Waals surface area contributed by atoms with Gasteiger partial charge in [-0.1, -0.05) is 17.7 Å². The summed E-state index contributed by atoms with van der Waals surface area (Å²) < 4.78 is 44.0. The van der Waals surface area contributed by atoms with Crippen molar-refractivity contribution in [2.75, 3.05) is 6.54 Å². The molecule has 0 aliphatic rings. The van der Waals surface area contributed by atoms with Gasteiger partial charge in [-0.25, -0.2) is 0 Å². The van der Waals surface area contributed by atoms with Crippen LogP contribution in [0.25, 0.3) is 0 Å². The van der Waals surface area contributed by atoms with Crippen LogP contribution in [0.3, 0.4) is 0 Å². The topological polar surface area (TPSA) is 48.1 Å². The van der Waals surface area contributed by atoms with Crippen LogP contribution in [0.2, 0.25) is 5.02 Å². The number of hydrogen-bond donors (Lipinski definition) is 1. The van der Waals surface area contributed by atoms with E-state index in [1.54, 1.807) is 24.4 Å². The van der Waals surface area contributed by atoms with E-state index in [0.717, 1.165) is 18.2 Å². The molecule has 7 heteroatoms. The van der Waals surface area contributed by atoms with Crippen LogP contribution in [0.15, 0.2) is 42.6 Å². The third-order valence-corrected chi connectivity index (χ3v) is 3.29. The molecular formula is C15H14ClF3N2O. The summed E-state index contributed by atoms with van der Waals surface area (Å²) >= 11 is 5.93. The van der Waals surface area contributed by atoms with Crippen LogP contribution in [0.5, 0.6) is 5.75 Å². The minimum atomic E-state index is -4.46. The fraction of sp³-hybridized carbons (Fsp3) is 0.267. The number of hydrogen-bond acceptors (Lipinski definition) is 3. The van der Waals surface area contributed by atoms with Crippen LogP contribution in [0, 0.1) is 0 Å². The van der Waals surface area contributed by atoms with E-state index in [2.05, 4.69) is 4.98 Å². The Morgan fingerprint density at radius 2 is 2.00 bits per heavy atom. The maximum absolute atomic E-state index is 12.8. The van der Waals surface area contributed by atoms with E-state index in [0.29, 0.717) is 18.7 Å². The molecule has 3 nitrogen and oxygen atoms in total. The molecule has 0 saturated heterocycles. The largest absolute Gasteiger partial charge is 0.482 e. The third kappa shape index (κ3) is 4.11. The zero-order chi connectivity index (χ0) is 16.2. The fourth-order valence-corrected chi connectivity index (χ4v) is 2.07. The summed E-state index contributed by atoms with van der Waals surface area (Å²) in [6, 6.07) is 8.19. The summed E-state index contributed by atoms with van der Waals surface area (Å²) in [5.74, 6) is -0.0411. The van der Waals surface area contributed by atoms with E-state index < -0.39 is 17.8 Å². The average Bonchev–Trinajstić information content (AvgIpc) is 2.48. The minimum Gasteiger partial charge on any atom is -0.482 e. The van der Waals surface area contributed by atoms with Gasteiger partial charge in [-0.3, -0.25) is 4.98 Å². The van der Waals surface area contributed by atoms with Crippen molar-refractivity contribution in [3.63, 3.8) is 0 Å². The van der Waals surface area contributed by atoms with Gasteiger partial charge in [0.05, 0.1) is 16.3 Å². The molecule has 1 heterocycles. The van der Waals surface area contributed by atoms with Gasteiger partial charge in [-0.15, -0.1) is 0 Å². The van der Waals surface area contributed by atoms with Gasteiger partial charge in [0.25, 0.3) is 0 Å². The number of nitrogens with zero attached hydrogens (tertiary/aromatic N) is 1. The summed E-state index contributed by atoms with van der Waals surface area (Å²) in [4.78, 5) is 4.15. The van der Waals surface area contributed by atoms with E-state index in [1.165, 1.54) is 0 Å². The Bertz CT molecular complexity index is 620. The summed E-state index contributed by atoms with van der Waals surface area (Å²) in [5.41, 5.74) is 5.30. The van der Waals surface area contributed by atoms with Crippen LogP contribution < -0.4 is 10.5 Å². The summed E-state index contributed by atoms with van der Waals surface area (Å²) in [6.45, 7) is 0.303. The van der Waals surface area contributed by atoms with Crippen molar-refractivity contribution in [1.29, 1.82) is 0 Å². The highest BCUT2D eigenvalue weighted by atomic mass is 35.5. The number of nitrogens with two attached hydrogens (primary N) is 1. The van der Waals surface area contributed by atoms with E-state index in [4.69, 9.17) is 22.1 Å². The van der Waals surface area contributed by atoms with Crippen molar-refractivity contribution in [1.82, 2.24) is 4.98 Å².